The van der Waals surface area contributed by atoms with Gasteiger partial charge in [-0.2, -0.15) is 4.90 Å². The minimum atomic E-state index is -3.70. The first-order valence-corrected chi connectivity index (χ1v) is 20.9. The van der Waals surface area contributed by atoms with E-state index in [-0.39, 0.29) is 40.0 Å². The van der Waals surface area contributed by atoms with Crippen LogP contribution in [-0.2, 0) is 30.7 Å². The van der Waals surface area contributed by atoms with Gasteiger partial charge in [-0.15, -0.1) is 0 Å². The zero-order valence-corrected chi connectivity index (χ0v) is 35.6. The van der Waals surface area contributed by atoms with Crippen molar-refractivity contribution < 1.29 is 41.5 Å². The summed E-state index contributed by atoms with van der Waals surface area (Å²) in [5.41, 5.74) is 0.457. The van der Waals surface area contributed by atoms with E-state index >= 15 is 4.39 Å². The van der Waals surface area contributed by atoms with Crippen LogP contribution in [0, 0.1) is 5.82 Å². The highest BCUT2D eigenvalue weighted by Crippen LogP contribution is 2.37. The summed E-state index contributed by atoms with van der Waals surface area (Å²) >= 11 is 0. The predicted molar refractivity (Wildman–Crippen MR) is 223 cm³/mol. The summed E-state index contributed by atoms with van der Waals surface area (Å²) in [6.45, 7) is 12.0. The lowest BCUT2D eigenvalue weighted by Gasteiger charge is -2.29. The number of aromatic nitrogens is 1. The van der Waals surface area contributed by atoms with Crippen LogP contribution in [0.1, 0.15) is 90.0 Å². The number of benzene rings is 3. The molecule has 1 aliphatic heterocycles. The molecular weight excluding hydrogens is 780 g/mol. The zero-order chi connectivity index (χ0) is 43.2. The topological polar surface area (TPSA) is 168 Å². The van der Waals surface area contributed by atoms with Crippen LogP contribution < -0.4 is 15.5 Å². The molecule has 1 saturated carbocycles. The Kier molecular flexibility index (Phi) is 11.7. The Bertz CT molecular complexity index is 2400. The summed E-state index contributed by atoms with van der Waals surface area (Å²) in [4.78, 5) is 62.8. The molecule has 0 radical (unpaired) electrons. The Hall–Kier alpha value is -5.77. The molecule has 0 saturated heterocycles. The molecule has 0 spiro atoms. The van der Waals surface area contributed by atoms with Gasteiger partial charge in [-0.25, -0.2) is 32.2 Å². The number of hydrogen-bond acceptors (Lipinski definition) is 10. The fraction of sp³-hybridized carbons (Fsp3) is 0.419. The van der Waals surface area contributed by atoms with Crippen molar-refractivity contribution in [1.82, 2.24) is 14.8 Å². The van der Waals surface area contributed by atoms with E-state index in [1.807, 2.05) is 25.1 Å². The Labute approximate surface area is 344 Å². The number of pyridine rings is 1. The number of urea groups is 1. The molecule has 3 aromatic carbocycles. The third kappa shape index (κ3) is 9.75. The number of anilines is 3. The lowest BCUT2D eigenvalue weighted by molar-refractivity contribution is -0.131. The number of imide groups is 1. The molecule has 16 heteroatoms. The number of carbonyl (C=O) groups is 4. The van der Waals surface area contributed by atoms with E-state index < -0.39 is 56.2 Å². The third-order valence-corrected chi connectivity index (χ3v) is 12.2. The zero-order valence-electron chi connectivity index (χ0n) is 34.8. The number of nitrogens with zero attached hydrogens (tertiary/aromatic N) is 4. The van der Waals surface area contributed by atoms with Gasteiger partial charge < -0.3 is 29.9 Å². The van der Waals surface area contributed by atoms with Crippen molar-refractivity contribution >= 4 is 61.9 Å². The first-order chi connectivity index (χ1) is 27.5. The number of hydrogen-bond donors (Lipinski definition) is 2. The number of halogens is 1. The molecule has 6 rings (SSSR count). The lowest BCUT2D eigenvalue weighted by Crippen LogP contribution is -2.44. The number of fused-ring (bicyclic) bond motifs is 5. The summed E-state index contributed by atoms with van der Waals surface area (Å²) in [6, 6.07) is 15.0. The van der Waals surface area contributed by atoms with Gasteiger partial charge in [0.05, 0.1) is 16.3 Å². The quantitative estimate of drug-likeness (QED) is 0.199. The Morgan fingerprint density at radius 1 is 0.881 bits per heavy atom. The summed E-state index contributed by atoms with van der Waals surface area (Å²) < 4.78 is 54.0. The molecule has 2 N–H and O–H groups in total. The minimum absolute atomic E-state index is 0.0237. The van der Waals surface area contributed by atoms with Gasteiger partial charge in [0.1, 0.15) is 23.1 Å². The van der Waals surface area contributed by atoms with Crippen LogP contribution in [0.3, 0.4) is 0 Å². The van der Waals surface area contributed by atoms with Gasteiger partial charge in [0.2, 0.25) is 5.91 Å². The SMILES string of the molecule is C[C@H]1CN(C)C(=O)Nc2ccc(S(=O)(=O)C3CC3)c(c2)CN(C)C(=O)C(Nc2ccc3c(N(C(=O)OC(C)(C)C)C(=O)OC(C)(C)C)ncc(F)c3c2)c2cccc1c2. The van der Waals surface area contributed by atoms with Crippen molar-refractivity contribution in [2.24, 2.45) is 0 Å². The molecule has 4 bridgehead atoms. The van der Waals surface area contributed by atoms with Gasteiger partial charge in [0.25, 0.3) is 0 Å². The number of likely N-dealkylation sites (N-methyl/N-ethyl adjacent to an activating group) is 2. The van der Waals surface area contributed by atoms with Gasteiger partial charge in [-0.05, 0) is 113 Å². The second kappa shape index (κ2) is 16.1. The smallest absolute Gasteiger partial charge is 0.425 e. The molecule has 1 fully saturated rings. The molecule has 2 heterocycles. The van der Waals surface area contributed by atoms with E-state index in [4.69, 9.17) is 9.47 Å². The van der Waals surface area contributed by atoms with Crippen LogP contribution in [-0.4, -0.2) is 84.4 Å². The number of rotatable bonds is 5. The van der Waals surface area contributed by atoms with Crippen LogP contribution in [0.15, 0.2) is 71.8 Å². The fourth-order valence-electron chi connectivity index (χ4n) is 6.81. The molecular formula is C43H51FN6O8S. The van der Waals surface area contributed by atoms with Gasteiger partial charge in [0, 0.05) is 49.3 Å². The lowest BCUT2D eigenvalue weighted by atomic mass is 9.95. The normalized spacial score (nSPS) is 18.1. The molecule has 1 aromatic heterocycles. The van der Waals surface area contributed by atoms with E-state index in [1.54, 1.807) is 79.9 Å². The van der Waals surface area contributed by atoms with Crippen molar-refractivity contribution in [1.29, 1.82) is 0 Å². The molecule has 4 aromatic rings. The first-order valence-electron chi connectivity index (χ1n) is 19.4. The van der Waals surface area contributed by atoms with Gasteiger partial charge >= 0.3 is 18.2 Å². The molecule has 5 amide bonds. The van der Waals surface area contributed by atoms with Gasteiger partial charge in [0.15, 0.2) is 15.7 Å². The van der Waals surface area contributed by atoms with Crippen LogP contribution in [0.2, 0.25) is 0 Å². The maximum absolute atomic E-state index is 15.8. The highest BCUT2D eigenvalue weighted by atomic mass is 32.2. The number of sulfone groups is 1. The summed E-state index contributed by atoms with van der Waals surface area (Å²) in [5, 5.41) is 5.70. The van der Waals surface area contributed by atoms with E-state index in [0.29, 0.717) is 46.8 Å². The van der Waals surface area contributed by atoms with Crippen LogP contribution >= 0.6 is 0 Å². The first kappa shape index (κ1) is 42.8. The number of ether oxygens (including phenoxy) is 2. The molecule has 59 heavy (non-hydrogen) atoms. The summed E-state index contributed by atoms with van der Waals surface area (Å²) in [5.74, 6) is -1.58. The van der Waals surface area contributed by atoms with Crippen LogP contribution in [0.5, 0.6) is 0 Å². The molecule has 314 valence electrons. The second-order valence-corrected chi connectivity index (χ2v) is 19.4. The fourth-order valence-corrected chi connectivity index (χ4v) is 8.67. The van der Waals surface area contributed by atoms with E-state index in [2.05, 4.69) is 15.6 Å². The minimum Gasteiger partial charge on any atom is -0.443 e. The Morgan fingerprint density at radius 2 is 1.53 bits per heavy atom. The maximum Gasteiger partial charge on any atom is 0.425 e. The van der Waals surface area contributed by atoms with Crippen molar-refractivity contribution in [3.8, 4) is 0 Å². The average Bonchev–Trinajstić information content (AvgIpc) is 4.00. The third-order valence-electron chi connectivity index (χ3n) is 9.81. The molecule has 1 aliphatic carbocycles. The van der Waals surface area contributed by atoms with Crippen LogP contribution in [0.4, 0.5) is 36.0 Å². The summed E-state index contributed by atoms with van der Waals surface area (Å²) in [7, 11) is -0.464. The van der Waals surface area contributed by atoms with Crippen LogP contribution in [0.25, 0.3) is 10.8 Å². The maximum atomic E-state index is 15.8. The number of nitrogens with one attached hydrogen (secondary N) is 2. The number of carbonyl (C=O) groups excluding carboxylic acids is 4. The highest BCUT2D eigenvalue weighted by Gasteiger charge is 2.39. The van der Waals surface area contributed by atoms with Crippen molar-refractivity contribution in [2.45, 2.75) is 101 Å². The van der Waals surface area contributed by atoms with E-state index in [9.17, 15) is 27.6 Å². The monoisotopic (exact) mass is 830 g/mol. The second-order valence-electron chi connectivity index (χ2n) is 17.2. The Balaban J connectivity index is 1.43. The summed E-state index contributed by atoms with van der Waals surface area (Å²) in [6.07, 6.45) is -0.168. The van der Waals surface area contributed by atoms with Gasteiger partial charge in [-0.3, -0.25) is 4.79 Å². The highest BCUT2D eigenvalue weighted by molar-refractivity contribution is 7.92. The van der Waals surface area contributed by atoms with Crippen molar-refractivity contribution in [3.05, 3.63) is 89.4 Å². The Morgan fingerprint density at radius 3 is 2.15 bits per heavy atom. The molecule has 14 nitrogen and oxygen atoms in total. The average molecular weight is 831 g/mol. The van der Waals surface area contributed by atoms with Crippen molar-refractivity contribution in [3.63, 3.8) is 0 Å². The van der Waals surface area contributed by atoms with Crippen molar-refractivity contribution in [2.75, 3.05) is 36.2 Å². The van der Waals surface area contributed by atoms with E-state index in [0.717, 1.165) is 11.8 Å². The molecule has 2 atom stereocenters. The molecule has 1 unspecified atom stereocenters. The van der Waals surface area contributed by atoms with Gasteiger partial charge in [-0.1, -0.05) is 31.2 Å². The standard InChI is InChI=1S/C43H51FN6O8S/c1-25-23-49(9)39(52)47-29-14-18-35(59(55,56)31-15-16-31)28(20-29)24-48(8)38(51)36(27-12-10-11-26(25)19-27)46-30-13-17-32-33(21-30)34(44)22-45-37(32)50(40(53)57-42(2,3)4)41(54)58-43(5,6)7/h10-14,17-22,25,31,36,46H,15-16,23-24H2,1-9H3,(H,47,52)/t25-,36?/m0/s1. The number of amides is 5. The largest absolute Gasteiger partial charge is 0.443 e. The van der Waals surface area contributed by atoms with E-state index in [1.165, 1.54) is 28.0 Å². The molecule has 2 aliphatic rings. The predicted octanol–water partition coefficient (Wildman–Crippen LogP) is 8.38.